The molecule has 0 atom stereocenters. The maximum absolute atomic E-state index is 5.21. The lowest BCUT2D eigenvalue weighted by Crippen LogP contribution is -2.16. The predicted octanol–water partition coefficient (Wildman–Crippen LogP) is 12.1. The Balaban J connectivity index is 1.15. The van der Waals surface area contributed by atoms with Gasteiger partial charge in [-0.2, -0.15) is 0 Å². The molecule has 1 aromatic heterocycles. The standard InChI is InChI=1S/C46H37N/c1-46(2)40-25-23-33-21-20-31-14-9-10-19-38(31)44(33)45(40)39-24-22-35(27-41(39)46)34-17-11-18-36(26-34)43-29-37(30-12-5-3-6-13-30)28-42(47-43)32-15-7-4-8-16-32/h3-8,10-13,15-19,22-29H,9,14,20-21H2,1-2H3. The van der Waals surface area contributed by atoms with Gasteiger partial charge in [0.15, 0.2) is 0 Å². The number of fused-ring (bicyclic) bond motifs is 6. The van der Waals surface area contributed by atoms with Crippen LogP contribution in [0.5, 0.6) is 0 Å². The molecule has 0 spiro atoms. The zero-order chi connectivity index (χ0) is 31.5. The number of allylic oxidation sites excluding steroid dienone is 4. The topological polar surface area (TPSA) is 12.9 Å². The van der Waals surface area contributed by atoms with E-state index in [-0.39, 0.29) is 5.41 Å². The fourth-order valence-corrected chi connectivity index (χ4v) is 8.17. The van der Waals surface area contributed by atoms with Gasteiger partial charge in [0.1, 0.15) is 0 Å². The van der Waals surface area contributed by atoms with E-state index in [4.69, 9.17) is 4.98 Å². The van der Waals surface area contributed by atoms with E-state index in [9.17, 15) is 0 Å². The second kappa shape index (κ2) is 10.9. The quantitative estimate of drug-likeness (QED) is 0.195. The third-order valence-corrected chi connectivity index (χ3v) is 10.7. The van der Waals surface area contributed by atoms with Gasteiger partial charge in [-0.1, -0.05) is 135 Å². The highest BCUT2D eigenvalue weighted by Crippen LogP contribution is 2.54. The van der Waals surface area contributed by atoms with Gasteiger partial charge in [-0.15, -0.1) is 0 Å². The first-order valence-corrected chi connectivity index (χ1v) is 17.0. The van der Waals surface area contributed by atoms with E-state index in [1.165, 1.54) is 80.5 Å². The van der Waals surface area contributed by atoms with E-state index in [0.29, 0.717) is 0 Å². The third-order valence-electron chi connectivity index (χ3n) is 10.7. The predicted molar refractivity (Wildman–Crippen MR) is 197 cm³/mol. The fraction of sp³-hybridized carbons (Fsp3) is 0.152. The van der Waals surface area contributed by atoms with Crippen LogP contribution in [0.1, 0.15) is 55.4 Å². The van der Waals surface area contributed by atoms with E-state index in [1.807, 2.05) is 0 Å². The Labute approximate surface area is 278 Å². The highest BCUT2D eigenvalue weighted by atomic mass is 14.7. The molecule has 0 saturated carbocycles. The molecule has 0 amide bonds. The van der Waals surface area contributed by atoms with Crippen LogP contribution in [0.4, 0.5) is 0 Å². The van der Waals surface area contributed by atoms with Gasteiger partial charge in [0.2, 0.25) is 0 Å². The van der Waals surface area contributed by atoms with Crippen molar-refractivity contribution in [2.75, 3.05) is 0 Å². The van der Waals surface area contributed by atoms with Crippen LogP contribution in [-0.2, 0) is 11.8 Å². The van der Waals surface area contributed by atoms with Gasteiger partial charge >= 0.3 is 0 Å². The molecule has 5 aromatic carbocycles. The molecule has 3 aliphatic rings. The largest absolute Gasteiger partial charge is 0.248 e. The number of aromatic nitrogens is 1. The van der Waals surface area contributed by atoms with Crippen molar-refractivity contribution in [1.82, 2.24) is 4.98 Å². The molecular formula is C46H37N. The summed E-state index contributed by atoms with van der Waals surface area (Å²) in [6.45, 7) is 4.81. The van der Waals surface area contributed by atoms with Gasteiger partial charge in [0.05, 0.1) is 11.4 Å². The van der Waals surface area contributed by atoms with Gasteiger partial charge in [-0.05, 0) is 111 Å². The summed E-state index contributed by atoms with van der Waals surface area (Å²) in [5.74, 6) is 0. The SMILES string of the molecule is CC1(C)c2cc(-c3cccc(-c4cc(-c5ccccc5)cc(-c5ccccc5)n4)c3)ccc2-c2c1ccc1c2C2=C(CCC=C2)CC1. The molecule has 6 aromatic rings. The molecule has 0 bridgehead atoms. The van der Waals surface area contributed by atoms with Crippen molar-refractivity contribution < 1.29 is 0 Å². The lowest BCUT2D eigenvalue weighted by Gasteiger charge is -2.28. The number of hydrogen-bond donors (Lipinski definition) is 0. The maximum Gasteiger partial charge on any atom is 0.0715 e. The molecule has 1 nitrogen and oxygen atoms in total. The Hall–Kier alpha value is -5.27. The number of aryl methyl sites for hydroxylation is 1. The van der Waals surface area contributed by atoms with Crippen LogP contribution in [0, 0.1) is 0 Å². The van der Waals surface area contributed by atoms with E-state index in [0.717, 1.165) is 28.9 Å². The maximum atomic E-state index is 5.21. The number of pyridine rings is 1. The smallest absolute Gasteiger partial charge is 0.0715 e. The number of benzene rings is 5. The molecule has 0 fully saturated rings. The minimum absolute atomic E-state index is 0.0694. The van der Waals surface area contributed by atoms with Gasteiger partial charge in [0, 0.05) is 16.5 Å². The van der Waals surface area contributed by atoms with Crippen molar-refractivity contribution >= 4 is 5.57 Å². The summed E-state index contributed by atoms with van der Waals surface area (Å²) in [6.07, 6.45) is 9.52. The van der Waals surface area contributed by atoms with E-state index < -0.39 is 0 Å². The van der Waals surface area contributed by atoms with Gasteiger partial charge in [-0.3, -0.25) is 0 Å². The Kier molecular flexibility index (Phi) is 6.50. The summed E-state index contributed by atoms with van der Waals surface area (Å²) in [6, 6.07) is 46.5. The van der Waals surface area contributed by atoms with E-state index in [2.05, 4.69) is 153 Å². The Morgan fingerprint density at radius 2 is 1.21 bits per heavy atom. The van der Waals surface area contributed by atoms with Crippen LogP contribution in [0.3, 0.4) is 0 Å². The molecule has 0 radical (unpaired) electrons. The highest BCUT2D eigenvalue weighted by molar-refractivity contribution is 5.96. The van der Waals surface area contributed by atoms with Crippen molar-refractivity contribution in [2.24, 2.45) is 0 Å². The Morgan fingerprint density at radius 3 is 2.02 bits per heavy atom. The van der Waals surface area contributed by atoms with Gasteiger partial charge in [-0.25, -0.2) is 4.98 Å². The van der Waals surface area contributed by atoms with Crippen molar-refractivity contribution in [3.8, 4) is 55.9 Å². The Morgan fingerprint density at radius 1 is 0.511 bits per heavy atom. The Bertz CT molecular complexity index is 2190. The number of nitrogens with zero attached hydrogens (tertiary/aromatic N) is 1. The van der Waals surface area contributed by atoms with Crippen LogP contribution in [0.15, 0.2) is 145 Å². The van der Waals surface area contributed by atoms with E-state index >= 15 is 0 Å². The summed E-state index contributed by atoms with van der Waals surface area (Å²) < 4.78 is 0. The fourth-order valence-electron chi connectivity index (χ4n) is 8.17. The van der Waals surface area contributed by atoms with Gasteiger partial charge < -0.3 is 0 Å². The summed E-state index contributed by atoms with van der Waals surface area (Å²) in [5.41, 5.74) is 20.9. The first-order valence-electron chi connectivity index (χ1n) is 17.0. The van der Waals surface area contributed by atoms with Crippen molar-refractivity contribution in [3.05, 3.63) is 167 Å². The molecule has 0 unspecified atom stereocenters. The number of rotatable bonds is 4. The molecule has 226 valence electrons. The van der Waals surface area contributed by atoms with Crippen molar-refractivity contribution in [2.45, 2.75) is 44.9 Å². The molecule has 0 aliphatic heterocycles. The monoisotopic (exact) mass is 603 g/mol. The zero-order valence-corrected chi connectivity index (χ0v) is 27.1. The summed E-state index contributed by atoms with van der Waals surface area (Å²) >= 11 is 0. The molecule has 3 aliphatic carbocycles. The minimum Gasteiger partial charge on any atom is -0.248 e. The first kappa shape index (κ1) is 28.0. The van der Waals surface area contributed by atoms with Crippen molar-refractivity contribution in [1.29, 1.82) is 0 Å². The summed E-state index contributed by atoms with van der Waals surface area (Å²) in [7, 11) is 0. The van der Waals surface area contributed by atoms with Crippen LogP contribution in [0.2, 0.25) is 0 Å². The lowest BCUT2D eigenvalue weighted by atomic mass is 9.76. The average molecular weight is 604 g/mol. The molecule has 9 rings (SSSR count). The molecule has 1 heteroatoms. The van der Waals surface area contributed by atoms with Crippen LogP contribution in [-0.4, -0.2) is 4.98 Å². The molecule has 1 heterocycles. The minimum atomic E-state index is -0.0694. The number of hydrogen-bond acceptors (Lipinski definition) is 1. The third kappa shape index (κ3) is 4.64. The molecule has 0 N–H and O–H groups in total. The van der Waals surface area contributed by atoms with Crippen LogP contribution >= 0.6 is 0 Å². The zero-order valence-electron chi connectivity index (χ0n) is 27.1. The highest BCUT2D eigenvalue weighted by Gasteiger charge is 2.39. The molecule has 47 heavy (non-hydrogen) atoms. The normalized spacial score (nSPS) is 15.5. The lowest BCUT2D eigenvalue weighted by molar-refractivity contribution is 0.660. The summed E-state index contributed by atoms with van der Waals surface area (Å²) in [5, 5.41) is 0. The van der Waals surface area contributed by atoms with Crippen LogP contribution in [0.25, 0.3) is 61.5 Å². The molecule has 0 saturated heterocycles. The molecular weight excluding hydrogens is 567 g/mol. The summed E-state index contributed by atoms with van der Waals surface area (Å²) in [4.78, 5) is 5.21. The second-order valence-electron chi connectivity index (χ2n) is 13.8. The van der Waals surface area contributed by atoms with Crippen molar-refractivity contribution in [3.63, 3.8) is 0 Å². The van der Waals surface area contributed by atoms with E-state index in [1.54, 1.807) is 5.57 Å². The van der Waals surface area contributed by atoms with Gasteiger partial charge in [0.25, 0.3) is 0 Å². The first-order chi connectivity index (χ1) is 23.0. The van der Waals surface area contributed by atoms with Crippen LogP contribution < -0.4 is 0 Å². The average Bonchev–Trinajstić information content (AvgIpc) is 3.37. The second-order valence-corrected chi connectivity index (χ2v) is 13.8.